The SMILES string of the molecule is C=CC[C@H](C)C[S@@](N)(=O)=NC(C)=O. The molecule has 76 valence electrons. The fourth-order valence-electron chi connectivity index (χ4n) is 1.02. The summed E-state index contributed by atoms with van der Waals surface area (Å²) in [5.41, 5.74) is 0. The molecule has 4 nitrogen and oxygen atoms in total. The van der Waals surface area contributed by atoms with Crippen LogP contribution in [0.1, 0.15) is 20.3 Å². The maximum atomic E-state index is 11.4. The number of nitrogens with two attached hydrogens (primary N) is 1. The van der Waals surface area contributed by atoms with Crippen molar-refractivity contribution >= 4 is 15.8 Å². The molecule has 0 rings (SSSR count). The quantitative estimate of drug-likeness (QED) is 0.696. The molecule has 0 spiro atoms. The minimum absolute atomic E-state index is 0.137. The van der Waals surface area contributed by atoms with Crippen molar-refractivity contribution in [3.05, 3.63) is 12.7 Å². The minimum Gasteiger partial charge on any atom is -0.272 e. The molecule has 2 atom stereocenters. The first kappa shape index (κ1) is 12.3. The average molecular weight is 204 g/mol. The number of amides is 1. The molecule has 0 bridgehead atoms. The lowest BCUT2D eigenvalue weighted by molar-refractivity contribution is -0.115. The Labute approximate surface area is 79.5 Å². The van der Waals surface area contributed by atoms with Gasteiger partial charge in [0.15, 0.2) is 0 Å². The molecule has 0 heterocycles. The highest BCUT2D eigenvalue weighted by Gasteiger charge is 2.09. The number of carbonyl (C=O) groups excluding carboxylic acids is 1. The Kier molecular flexibility index (Phi) is 4.87. The van der Waals surface area contributed by atoms with E-state index in [0.29, 0.717) is 0 Å². The van der Waals surface area contributed by atoms with Crippen LogP contribution in [-0.4, -0.2) is 15.9 Å². The monoisotopic (exact) mass is 204 g/mol. The van der Waals surface area contributed by atoms with E-state index >= 15 is 0 Å². The lowest BCUT2D eigenvalue weighted by atomic mass is 10.1. The van der Waals surface area contributed by atoms with Crippen molar-refractivity contribution < 1.29 is 9.00 Å². The van der Waals surface area contributed by atoms with E-state index in [2.05, 4.69) is 10.9 Å². The number of nitrogens with zero attached hydrogens (tertiary/aromatic N) is 1. The third kappa shape index (κ3) is 6.48. The molecular weight excluding hydrogens is 188 g/mol. The van der Waals surface area contributed by atoms with Crippen LogP contribution in [0.5, 0.6) is 0 Å². The van der Waals surface area contributed by atoms with Gasteiger partial charge in [0.05, 0.1) is 0 Å². The van der Waals surface area contributed by atoms with Crippen LogP contribution in [0.25, 0.3) is 0 Å². The maximum absolute atomic E-state index is 11.4. The van der Waals surface area contributed by atoms with E-state index in [-0.39, 0.29) is 11.7 Å². The normalized spacial score (nSPS) is 17.2. The van der Waals surface area contributed by atoms with Crippen LogP contribution in [-0.2, 0) is 14.7 Å². The summed E-state index contributed by atoms with van der Waals surface area (Å²) in [6.45, 7) is 6.69. The van der Waals surface area contributed by atoms with Crippen LogP contribution in [0.3, 0.4) is 0 Å². The second-order valence-electron chi connectivity index (χ2n) is 3.10. The van der Waals surface area contributed by atoms with E-state index in [0.717, 1.165) is 6.42 Å². The van der Waals surface area contributed by atoms with Gasteiger partial charge in [-0.3, -0.25) is 4.79 Å². The van der Waals surface area contributed by atoms with Gasteiger partial charge >= 0.3 is 0 Å². The second-order valence-corrected chi connectivity index (χ2v) is 4.99. The van der Waals surface area contributed by atoms with Crippen molar-refractivity contribution in [3.63, 3.8) is 0 Å². The first-order valence-corrected chi connectivity index (χ1v) is 5.76. The molecule has 0 aliphatic carbocycles. The highest BCUT2D eigenvalue weighted by molar-refractivity contribution is 7.91. The van der Waals surface area contributed by atoms with Crippen LogP contribution >= 0.6 is 0 Å². The predicted molar refractivity (Wildman–Crippen MR) is 54.3 cm³/mol. The van der Waals surface area contributed by atoms with E-state index < -0.39 is 15.8 Å². The summed E-state index contributed by atoms with van der Waals surface area (Å²) in [5, 5.41) is 5.35. The fourth-order valence-corrected chi connectivity index (χ4v) is 2.48. The first-order chi connectivity index (χ1) is 5.87. The number of hydrogen-bond donors (Lipinski definition) is 1. The van der Waals surface area contributed by atoms with Crippen molar-refractivity contribution in [1.29, 1.82) is 0 Å². The van der Waals surface area contributed by atoms with Crippen LogP contribution in [0.15, 0.2) is 17.0 Å². The van der Waals surface area contributed by atoms with Crippen molar-refractivity contribution in [1.82, 2.24) is 0 Å². The van der Waals surface area contributed by atoms with E-state index in [4.69, 9.17) is 5.14 Å². The van der Waals surface area contributed by atoms with Crippen LogP contribution in [0.2, 0.25) is 0 Å². The average Bonchev–Trinajstić information content (AvgIpc) is 1.81. The van der Waals surface area contributed by atoms with Crippen LogP contribution in [0, 0.1) is 5.92 Å². The molecule has 0 fully saturated rings. The van der Waals surface area contributed by atoms with Crippen molar-refractivity contribution in [2.45, 2.75) is 20.3 Å². The lowest BCUT2D eigenvalue weighted by Crippen LogP contribution is -2.22. The van der Waals surface area contributed by atoms with E-state index in [9.17, 15) is 9.00 Å². The standard InChI is InChI=1S/C8H16N2O2S/c1-4-5-7(2)6-13(9,12)10-8(3)11/h4,7H,1,5-6H2,2-3H3,(H2,9,10,11,12)/t7-,13-/m0/s1. The van der Waals surface area contributed by atoms with Crippen LogP contribution < -0.4 is 5.14 Å². The molecule has 0 unspecified atom stereocenters. The summed E-state index contributed by atoms with van der Waals surface area (Å²) in [6, 6.07) is 0. The molecule has 13 heavy (non-hydrogen) atoms. The highest BCUT2D eigenvalue weighted by atomic mass is 32.2. The Balaban J connectivity index is 4.42. The summed E-state index contributed by atoms with van der Waals surface area (Å²) in [6.07, 6.45) is 2.45. The van der Waals surface area contributed by atoms with Gasteiger partial charge < -0.3 is 0 Å². The molecule has 0 aliphatic heterocycles. The molecule has 1 amide bonds. The molecule has 0 aromatic carbocycles. The van der Waals surface area contributed by atoms with E-state index in [1.807, 2.05) is 6.92 Å². The molecule has 2 N–H and O–H groups in total. The lowest BCUT2D eigenvalue weighted by Gasteiger charge is -2.08. The fraction of sp³-hybridized carbons (Fsp3) is 0.625. The van der Waals surface area contributed by atoms with Gasteiger partial charge in [-0.05, 0) is 12.3 Å². The van der Waals surface area contributed by atoms with E-state index in [1.165, 1.54) is 6.92 Å². The molecule has 0 saturated heterocycles. The number of carbonyl (C=O) groups is 1. The van der Waals surface area contributed by atoms with Gasteiger partial charge in [0.2, 0.25) is 0 Å². The van der Waals surface area contributed by atoms with Crippen molar-refractivity contribution in [3.8, 4) is 0 Å². The topological polar surface area (TPSA) is 72.5 Å². The summed E-state index contributed by atoms with van der Waals surface area (Å²) >= 11 is 0. The summed E-state index contributed by atoms with van der Waals surface area (Å²) in [7, 11) is -2.82. The van der Waals surface area contributed by atoms with Crippen molar-refractivity contribution in [2.24, 2.45) is 15.4 Å². The third-order valence-corrected chi connectivity index (χ3v) is 2.99. The Morgan fingerprint density at radius 3 is 2.69 bits per heavy atom. The molecule has 0 aromatic heterocycles. The maximum Gasteiger partial charge on any atom is 0.251 e. The zero-order chi connectivity index (χ0) is 10.5. The molecule has 0 aliphatic rings. The zero-order valence-electron chi connectivity index (χ0n) is 8.03. The zero-order valence-corrected chi connectivity index (χ0v) is 8.84. The summed E-state index contributed by atoms with van der Waals surface area (Å²) < 4.78 is 14.8. The molecular formula is C8H16N2O2S. The van der Waals surface area contributed by atoms with Gasteiger partial charge in [-0.1, -0.05) is 13.0 Å². The third-order valence-electron chi connectivity index (χ3n) is 1.38. The Morgan fingerprint density at radius 2 is 2.31 bits per heavy atom. The molecule has 0 aromatic rings. The minimum atomic E-state index is -2.82. The Hall–Kier alpha value is -0.680. The largest absolute Gasteiger partial charge is 0.272 e. The Bertz CT molecular complexity index is 303. The van der Waals surface area contributed by atoms with Gasteiger partial charge in [-0.25, -0.2) is 9.35 Å². The van der Waals surface area contributed by atoms with Gasteiger partial charge in [-0.15, -0.1) is 10.9 Å². The molecule has 0 radical (unpaired) electrons. The van der Waals surface area contributed by atoms with Gasteiger partial charge in [0.25, 0.3) is 5.91 Å². The van der Waals surface area contributed by atoms with Gasteiger partial charge in [-0.2, -0.15) is 0 Å². The summed E-state index contributed by atoms with van der Waals surface area (Å²) in [5.74, 6) is -0.116. The number of allylic oxidation sites excluding steroid dienone is 1. The smallest absolute Gasteiger partial charge is 0.251 e. The van der Waals surface area contributed by atoms with E-state index in [1.54, 1.807) is 6.08 Å². The van der Waals surface area contributed by atoms with Crippen molar-refractivity contribution in [2.75, 3.05) is 5.75 Å². The van der Waals surface area contributed by atoms with Gasteiger partial charge in [0, 0.05) is 12.7 Å². The number of rotatable bonds is 4. The molecule has 0 saturated carbocycles. The molecule has 5 heteroatoms. The second kappa shape index (κ2) is 5.14. The van der Waals surface area contributed by atoms with Gasteiger partial charge in [0.1, 0.15) is 9.92 Å². The first-order valence-electron chi connectivity index (χ1n) is 4.01. The predicted octanol–water partition coefficient (Wildman–Crippen LogP) is 1.09. The highest BCUT2D eigenvalue weighted by Crippen LogP contribution is 2.05. The van der Waals surface area contributed by atoms with Crippen LogP contribution in [0.4, 0.5) is 0 Å². The Morgan fingerprint density at radius 1 is 1.77 bits per heavy atom. The summed E-state index contributed by atoms with van der Waals surface area (Å²) in [4.78, 5) is 10.6. The number of hydrogen-bond acceptors (Lipinski definition) is 2.